The van der Waals surface area contributed by atoms with Crippen LogP contribution in [-0.2, 0) is 11.2 Å². The van der Waals surface area contributed by atoms with Gasteiger partial charge < -0.3 is 4.74 Å². The fourth-order valence-electron chi connectivity index (χ4n) is 2.68. The number of Topliss-reactive ketones (excluding diaryl/α,β-unsaturated/α-hetero) is 1. The van der Waals surface area contributed by atoms with Crippen LogP contribution in [0.3, 0.4) is 0 Å². The van der Waals surface area contributed by atoms with Crippen LogP contribution in [0.5, 0.6) is 5.75 Å². The summed E-state index contributed by atoms with van der Waals surface area (Å²) < 4.78 is 5.63. The van der Waals surface area contributed by atoms with Gasteiger partial charge in [0, 0.05) is 24.7 Å². The van der Waals surface area contributed by atoms with Crippen LogP contribution in [0.4, 0.5) is 0 Å². The third-order valence-electron chi connectivity index (χ3n) is 3.66. The minimum atomic E-state index is 0.241. The first-order valence-corrected chi connectivity index (χ1v) is 6.96. The standard InChI is InChI=1S/C17H17NO2/c19-15(12-14-5-3-4-9-18-14)11-13-8-10-20-17-7-2-1-6-16(13)17/h1-7,9,13H,8,10-12H2. The number of pyridine rings is 1. The fourth-order valence-corrected chi connectivity index (χ4v) is 2.68. The molecule has 1 unspecified atom stereocenters. The van der Waals surface area contributed by atoms with Crippen molar-refractivity contribution in [3.05, 3.63) is 59.9 Å². The number of para-hydroxylation sites is 1. The zero-order valence-corrected chi connectivity index (χ0v) is 11.3. The van der Waals surface area contributed by atoms with E-state index in [1.54, 1.807) is 6.20 Å². The number of hydrogen-bond donors (Lipinski definition) is 0. The van der Waals surface area contributed by atoms with Crippen molar-refractivity contribution in [1.29, 1.82) is 0 Å². The quantitative estimate of drug-likeness (QED) is 0.854. The molecule has 0 amide bonds. The summed E-state index contributed by atoms with van der Waals surface area (Å²) in [5.41, 5.74) is 2.01. The molecule has 2 heterocycles. The third kappa shape index (κ3) is 2.87. The van der Waals surface area contributed by atoms with E-state index >= 15 is 0 Å². The molecule has 0 aliphatic carbocycles. The Bertz CT molecular complexity index is 595. The molecule has 20 heavy (non-hydrogen) atoms. The SMILES string of the molecule is O=C(Cc1ccccn1)CC1CCOc2ccccc21. The Hall–Kier alpha value is -2.16. The molecule has 1 aromatic heterocycles. The molecular weight excluding hydrogens is 250 g/mol. The van der Waals surface area contributed by atoms with Gasteiger partial charge in [-0.05, 0) is 36.1 Å². The highest BCUT2D eigenvalue weighted by atomic mass is 16.5. The van der Waals surface area contributed by atoms with E-state index < -0.39 is 0 Å². The van der Waals surface area contributed by atoms with Crippen LogP contribution >= 0.6 is 0 Å². The molecule has 0 spiro atoms. The zero-order chi connectivity index (χ0) is 13.8. The molecule has 1 aliphatic rings. The number of aromatic nitrogens is 1. The Kier molecular flexibility index (Phi) is 3.77. The number of hydrogen-bond acceptors (Lipinski definition) is 3. The Labute approximate surface area is 118 Å². The van der Waals surface area contributed by atoms with Crippen molar-refractivity contribution in [2.24, 2.45) is 0 Å². The summed E-state index contributed by atoms with van der Waals surface area (Å²) in [6.07, 6.45) is 3.62. The number of ether oxygens (including phenoxy) is 1. The Morgan fingerprint density at radius 1 is 1.20 bits per heavy atom. The molecule has 3 rings (SSSR count). The maximum Gasteiger partial charge on any atom is 0.139 e. The highest BCUT2D eigenvalue weighted by Gasteiger charge is 2.23. The van der Waals surface area contributed by atoms with Crippen molar-refractivity contribution < 1.29 is 9.53 Å². The van der Waals surface area contributed by atoms with Gasteiger partial charge in [-0.3, -0.25) is 9.78 Å². The molecule has 3 heteroatoms. The fraction of sp³-hybridized carbons (Fsp3) is 0.294. The van der Waals surface area contributed by atoms with E-state index in [9.17, 15) is 4.79 Å². The Morgan fingerprint density at radius 2 is 2.05 bits per heavy atom. The van der Waals surface area contributed by atoms with Crippen LogP contribution < -0.4 is 4.74 Å². The van der Waals surface area contributed by atoms with Gasteiger partial charge in [-0.2, -0.15) is 0 Å². The molecule has 0 saturated carbocycles. The first kappa shape index (κ1) is 12.9. The summed E-state index contributed by atoms with van der Waals surface area (Å²) in [6.45, 7) is 0.693. The minimum Gasteiger partial charge on any atom is -0.493 e. The monoisotopic (exact) mass is 267 g/mol. The van der Waals surface area contributed by atoms with Crippen molar-refractivity contribution in [2.45, 2.75) is 25.2 Å². The first-order valence-electron chi connectivity index (χ1n) is 6.96. The second-order valence-electron chi connectivity index (χ2n) is 5.11. The lowest BCUT2D eigenvalue weighted by Gasteiger charge is -2.25. The number of fused-ring (bicyclic) bond motifs is 1. The van der Waals surface area contributed by atoms with E-state index in [0.29, 0.717) is 19.4 Å². The summed E-state index contributed by atoms with van der Waals surface area (Å²) in [6, 6.07) is 13.7. The molecule has 1 aliphatic heterocycles. The van der Waals surface area contributed by atoms with E-state index in [1.165, 1.54) is 0 Å². The summed E-state index contributed by atoms with van der Waals surface area (Å²) in [5, 5.41) is 0. The lowest BCUT2D eigenvalue weighted by molar-refractivity contribution is -0.119. The van der Waals surface area contributed by atoms with E-state index in [0.717, 1.165) is 23.4 Å². The highest BCUT2D eigenvalue weighted by Crippen LogP contribution is 2.35. The molecule has 2 aromatic rings. The summed E-state index contributed by atoms with van der Waals surface area (Å²) in [7, 11) is 0. The number of benzene rings is 1. The second kappa shape index (κ2) is 5.87. The maximum atomic E-state index is 12.2. The van der Waals surface area contributed by atoms with Crippen molar-refractivity contribution >= 4 is 5.78 Å². The highest BCUT2D eigenvalue weighted by molar-refractivity contribution is 5.81. The molecule has 1 aromatic carbocycles. The first-order chi connectivity index (χ1) is 9.83. The Morgan fingerprint density at radius 3 is 2.90 bits per heavy atom. The van der Waals surface area contributed by atoms with Gasteiger partial charge in [0.15, 0.2) is 0 Å². The van der Waals surface area contributed by atoms with Gasteiger partial charge in [-0.1, -0.05) is 24.3 Å². The normalized spacial score (nSPS) is 17.1. The van der Waals surface area contributed by atoms with Gasteiger partial charge in [0.25, 0.3) is 0 Å². The lowest BCUT2D eigenvalue weighted by Crippen LogP contribution is -2.18. The average Bonchev–Trinajstić information content (AvgIpc) is 2.48. The van der Waals surface area contributed by atoms with Gasteiger partial charge >= 0.3 is 0 Å². The molecular formula is C17H17NO2. The number of nitrogens with zero attached hydrogens (tertiary/aromatic N) is 1. The smallest absolute Gasteiger partial charge is 0.139 e. The molecule has 0 radical (unpaired) electrons. The van der Waals surface area contributed by atoms with Crippen LogP contribution in [0.1, 0.15) is 30.0 Å². The van der Waals surface area contributed by atoms with Crippen molar-refractivity contribution in [3.63, 3.8) is 0 Å². The lowest BCUT2D eigenvalue weighted by atomic mass is 9.88. The van der Waals surface area contributed by atoms with Crippen LogP contribution in [0.2, 0.25) is 0 Å². The molecule has 0 saturated heterocycles. The Balaban J connectivity index is 1.68. The van der Waals surface area contributed by atoms with E-state index in [2.05, 4.69) is 11.1 Å². The van der Waals surface area contributed by atoms with Crippen LogP contribution in [0.25, 0.3) is 0 Å². The van der Waals surface area contributed by atoms with Crippen molar-refractivity contribution in [1.82, 2.24) is 4.98 Å². The number of carbonyl (C=O) groups excluding carboxylic acids is 1. The van der Waals surface area contributed by atoms with Crippen LogP contribution in [-0.4, -0.2) is 17.4 Å². The molecule has 102 valence electrons. The molecule has 0 fully saturated rings. The summed E-state index contributed by atoms with van der Waals surface area (Å²) in [5.74, 6) is 1.44. The number of carbonyl (C=O) groups is 1. The number of ketones is 1. The zero-order valence-electron chi connectivity index (χ0n) is 11.3. The van der Waals surface area contributed by atoms with Gasteiger partial charge in [-0.15, -0.1) is 0 Å². The number of rotatable bonds is 4. The minimum absolute atomic E-state index is 0.241. The summed E-state index contributed by atoms with van der Waals surface area (Å²) >= 11 is 0. The molecule has 0 N–H and O–H groups in total. The maximum absolute atomic E-state index is 12.2. The third-order valence-corrected chi connectivity index (χ3v) is 3.66. The van der Waals surface area contributed by atoms with Gasteiger partial charge in [0.1, 0.15) is 11.5 Å². The predicted molar refractivity (Wildman–Crippen MR) is 76.9 cm³/mol. The van der Waals surface area contributed by atoms with Gasteiger partial charge in [0.05, 0.1) is 6.61 Å². The largest absolute Gasteiger partial charge is 0.493 e. The van der Waals surface area contributed by atoms with Crippen LogP contribution in [0.15, 0.2) is 48.7 Å². The van der Waals surface area contributed by atoms with Gasteiger partial charge in [-0.25, -0.2) is 0 Å². The second-order valence-corrected chi connectivity index (χ2v) is 5.11. The van der Waals surface area contributed by atoms with Gasteiger partial charge in [0.2, 0.25) is 0 Å². The van der Waals surface area contributed by atoms with Crippen molar-refractivity contribution in [2.75, 3.05) is 6.61 Å². The summed E-state index contributed by atoms with van der Waals surface area (Å²) in [4.78, 5) is 16.4. The molecule has 1 atom stereocenters. The van der Waals surface area contributed by atoms with E-state index in [4.69, 9.17) is 4.74 Å². The predicted octanol–water partition coefficient (Wildman–Crippen LogP) is 3.15. The average molecular weight is 267 g/mol. The van der Waals surface area contributed by atoms with Crippen LogP contribution in [0, 0.1) is 0 Å². The van der Waals surface area contributed by atoms with Crippen molar-refractivity contribution in [3.8, 4) is 5.75 Å². The van der Waals surface area contributed by atoms with E-state index in [1.807, 2.05) is 36.4 Å². The topological polar surface area (TPSA) is 39.2 Å². The van der Waals surface area contributed by atoms with E-state index in [-0.39, 0.29) is 11.7 Å². The molecule has 0 bridgehead atoms. The molecule has 3 nitrogen and oxygen atoms in total.